The van der Waals surface area contributed by atoms with Crippen LogP contribution in [-0.2, 0) is 0 Å². The van der Waals surface area contributed by atoms with Crippen LogP contribution in [0.1, 0.15) is 12.5 Å². The number of fused-ring (bicyclic) bond motifs is 11. The molecule has 71 heavy (non-hydrogen) atoms. The summed E-state index contributed by atoms with van der Waals surface area (Å²) >= 11 is 3.67. The number of allylic oxidation sites excluding steroid dienone is 1. The molecule has 0 bridgehead atoms. The second-order valence-corrected chi connectivity index (χ2v) is 19.9. The van der Waals surface area contributed by atoms with Crippen molar-refractivity contribution in [1.82, 2.24) is 24.1 Å². The molecule has 0 radical (unpaired) electrons. The van der Waals surface area contributed by atoms with Crippen molar-refractivity contribution in [2.75, 3.05) is 0 Å². The van der Waals surface area contributed by atoms with Crippen molar-refractivity contribution in [2.45, 2.75) is 6.92 Å². The van der Waals surface area contributed by atoms with Crippen LogP contribution in [0.2, 0.25) is 0 Å². The van der Waals surface area contributed by atoms with Crippen molar-refractivity contribution in [3.05, 3.63) is 229 Å². The van der Waals surface area contributed by atoms with Crippen molar-refractivity contribution < 1.29 is 0 Å². The van der Waals surface area contributed by atoms with E-state index in [2.05, 4.69) is 198 Å². The van der Waals surface area contributed by atoms with Crippen molar-refractivity contribution in [3.63, 3.8) is 0 Å². The minimum absolute atomic E-state index is 0.647. The molecule has 0 aliphatic rings. The summed E-state index contributed by atoms with van der Waals surface area (Å²) < 4.78 is 9.72. The van der Waals surface area contributed by atoms with Gasteiger partial charge in [-0.1, -0.05) is 183 Å². The third-order valence-corrected chi connectivity index (χ3v) is 16.4. The van der Waals surface area contributed by atoms with Crippen LogP contribution in [0.15, 0.2) is 213 Å². The maximum atomic E-state index is 5.16. The van der Waals surface area contributed by atoms with E-state index in [4.69, 9.17) is 21.5 Å². The molecule has 5 nitrogen and oxygen atoms in total. The Morgan fingerprint density at radius 3 is 1.66 bits per heavy atom. The van der Waals surface area contributed by atoms with E-state index in [0.29, 0.717) is 17.5 Å². The molecule has 0 aliphatic heterocycles. The van der Waals surface area contributed by atoms with E-state index in [1.165, 1.54) is 62.8 Å². The summed E-state index contributed by atoms with van der Waals surface area (Å²) in [7, 11) is 0. The molecule has 5 aromatic heterocycles. The standard InChI is InChI=1S/C64H41N5S2/c1-3-53-52(38-39(2)43-28-17-29-48-50-37-36-46-44-26-13-15-33-54(44)68(42-24-11-6-12-25-42)57(46)61(50)71-58(43)48)45-27-14-16-34-55(45)69(53)56-35-19-31-49-47-30-18-32-51(59(47)70-60(49)56)64-66-62(40-20-7-4-8-21-40)65-63(67-64)41-22-9-5-10-23-41/h3-38H,2H2,1H3/b52-38-,53-3+. The average molecular weight is 944 g/mol. The Balaban J connectivity index is 0.944. The zero-order valence-corrected chi connectivity index (χ0v) is 40.2. The van der Waals surface area contributed by atoms with E-state index in [1.54, 1.807) is 11.3 Å². The van der Waals surface area contributed by atoms with Crippen LogP contribution in [0.25, 0.3) is 136 Å². The SMILES string of the molecule is C=C(/C=c1\c(=C/C)n(-c2cccc3c2sc2c(-c4nc(-c5ccccc5)nc(-c5ccccc5)n4)cccc23)c2ccccc12)c1cccc2c1sc1c2ccc2c3ccccc3n(-c3ccccc3)c21. The maximum absolute atomic E-state index is 5.16. The first-order valence-electron chi connectivity index (χ1n) is 23.8. The summed E-state index contributed by atoms with van der Waals surface area (Å²) in [6, 6.07) is 73.1. The highest BCUT2D eigenvalue weighted by molar-refractivity contribution is 7.27. The Morgan fingerprint density at radius 1 is 0.437 bits per heavy atom. The molecule has 334 valence electrons. The van der Waals surface area contributed by atoms with Gasteiger partial charge in [0, 0.05) is 80.0 Å². The predicted octanol–water partition coefficient (Wildman–Crippen LogP) is 15.9. The fourth-order valence-electron chi connectivity index (χ4n) is 10.7. The van der Waals surface area contributed by atoms with E-state index in [0.717, 1.165) is 60.0 Å². The molecule has 0 fully saturated rings. The number of nitrogens with zero attached hydrogens (tertiary/aromatic N) is 5. The molecule has 0 atom stereocenters. The van der Waals surface area contributed by atoms with Gasteiger partial charge < -0.3 is 9.13 Å². The lowest BCUT2D eigenvalue weighted by Crippen LogP contribution is -2.28. The predicted molar refractivity (Wildman–Crippen MR) is 302 cm³/mol. The van der Waals surface area contributed by atoms with Gasteiger partial charge in [-0.15, -0.1) is 22.7 Å². The van der Waals surface area contributed by atoms with Crippen LogP contribution >= 0.6 is 22.7 Å². The highest BCUT2D eigenvalue weighted by Crippen LogP contribution is 2.46. The first-order chi connectivity index (χ1) is 35.1. The monoisotopic (exact) mass is 943 g/mol. The lowest BCUT2D eigenvalue weighted by Gasteiger charge is -2.09. The van der Waals surface area contributed by atoms with E-state index >= 15 is 0 Å². The van der Waals surface area contributed by atoms with Crippen LogP contribution in [0, 0.1) is 0 Å². The molecule has 9 aromatic carbocycles. The Morgan fingerprint density at radius 2 is 0.958 bits per heavy atom. The smallest absolute Gasteiger partial charge is 0.165 e. The third-order valence-electron chi connectivity index (χ3n) is 13.9. The summed E-state index contributed by atoms with van der Waals surface area (Å²) in [6.07, 6.45) is 4.55. The van der Waals surface area contributed by atoms with Crippen LogP contribution in [-0.4, -0.2) is 24.1 Å². The second kappa shape index (κ2) is 16.5. The summed E-state index contributed by atoms with van der Waals surface area (Å²) in [5.41, 5.74) is 10.9. The minimum atomic E-state index is 0.647. The maximum Gasteiger partial charge on any atom is 0.165 e. The number of hydrogen-bond acceptors (Lipinski definition) is 5. The molecular formula is C64H41N5S2. The van der Waals surface area contributed by atoms with Crippen LogP contribution in [0.3, 0.4) is 0 Å². The highest BCUT2D eigenvalue weighted by Gasteiger charge is 2.22. The fourth-order valence-corrected chi connectivity index (χ4v) is 13.4. The normalized spacial score (nSPS) is 12.5. The molecule has 14 aromatic rings. The molecule has 0 amide bonds. The van der Waals surface area contributed by atoms with Gasteiger partial charge in [0.1, 0.15) is 0 Å². The number of benzene rings is 9. The Kier molecular flexibility index (Phi) is 9.56. The number of aromatic nitrogens is 5. The van der Waals surface area contributed by atoms with Crippen LogP contribution < -0.4 is 10.6 Å². The van der Waals surface area contributed by atoms with Crippen molar-refractivity contribution in [3.8, 4) is 45.5 Å². The summed E-state index contributed by atoms with van der Waals surface area (Å²) in [4.78, 5) is 15.3. The molecule has 0 saturated carbocycles. The largest absolute Gasteiger partial charge is 0.308 e. The van der Waals surface area contributed by atoms with Gasteiger partial charge >= 0.3 is 0 Å². The Labute approximate surface area is 416 Å². The molecule has 0 spiro atoms. The summed E-state index contributed by atoms with van der Waals surface area (Å²) in [5, 5.41) is 10.8. The summed E-state index contributed by atoms with van der Waals surface area (Å²) in [6.45, 7) is 6.99. The number of hydrogen-bond donors (Lipinski definition) is 0. The molecule has 0 aliphatic carbocycles. The minimum Gasteiger partial charge on any atom is -0.308 e. The fraction of sp³-hybridized carbons (Fsp3) is 0.0156. The Hall–Kier alpha value is -8.75. The van der Waals surface area contributed by atoms with Crippen molar-refractivity contribution in [2.24, 2.45) is 0 Å². The van der Waals surface area contributed by atoms with Gasteiger partial charge in [0.2, 0.25) is 0 Å². The van der Waals surface area contributed by atoms with E-state index < -0.39 is 0 Å². The topological polar surface area (TPSA) is 48.5 Å². The van der Waals surface area contributed by atoms with Gasteiger partial charge in [0.25, 0.3) is 0 Å². The highest BCUT2D eigenvalue weighted by atomic mass is 32.1. The van der Waals surface area contributed by atoms with E-state index in [-0.39, 0.29) is 0 Å². The first kappa shape index (κ1) is 41.2. The van der Waals surface area contributed by atoms with Crippen molar-refractivity contribution in [1.29, 1.82) is 0 Å². The Bertz CT molecular complexity index is 4540. The van der Waals surface area contributed by atoms with Crippen LogP contribution in [0.4, 0.5) is 0 Å². The second-order valence-electron chi connectivity index (χ2n) is 17.9. The number of para-hydroxylation sites is 3. The van der Waals surface area contributed by atoms with E-state index in [1.807, 2.05) is 47.7 Å². The lowest BCUT2D eigenvalue weighted by atomic mass is 10.0. The van der Waals surface area contributed by atoms with E-state index in [9.17, 15) is 0 Å². The average Bonchev–Trinajstić information content (AvgIpc) is 4.20. The van der Waals surface area contributed by atoms with Gasteiger partial charge in [-0.2, -0.15) is 0 Å². The molecule has 14 rings (SSSR count). The van der Waals surface area contributed by atoms with Crippen molar-refractivity contribution >= 4 is 113 Å². The number of thiophene rings is 2. The van der Waals surface area contributed by atoms with Gasteiger partial charge in [-0.25, -0.2) is 15.0 Å². The molecule has 0 N–H and O–H groups in total. The van der Waals surface area contributed by atoms with Crippen LogP contribution in [0.5, 0.6) is 0 Å². The number of rotatable bonds is 7. The summed E-state index contributed by atoms with van der Waals surface area (Å²) in [5.74, 6) is 1.94. The van der Waals surface area contributed by atoms with Gasteiger partial charge in [-0.3, -0.25) is 0 Å². The zero-order valence-electron chi connectivity index (χ0n) is 38.5. The first-order valence-corrected chi connectivity index (χ1v) is 25.5. The molecule has 0 saturated heterocycles. The van der Waals surface area contributed by atoms with Gasteiger partial charge in [0.15, 0.2) is 17.5 Å². The lowest BCUT2D eigenvalue weighted by molar-refractivity contribution is 1.08. The molecular weight excluding hydrogens is 903 g/mol. The van der Waals surface area contributed by atoms with Gasteiger partial charge in [0.05, 0.1) is 31.6 Å². The third kappa shape index (κ3) is 6.47. The van der Waals surface area contributed by atoms with Gasteiger partial charge in [-0.05, 0) is 60.5 Å². The molecule has 7 heteroatoms. The quantitative estimate of drug-likeness (QED) is 0.160. The molecule has 0 unspecified atom stereocenters. The molecule has 5 heterocycles. The zero-order chi connectivity index (χ0) is 47.2.